The third-order valence-corrected chi connectivity index (χ3v) is 4.51. The summed E-state index contributed by atoms with van der Waals surface area (Å²) >= 11 is 0. The molecular weight excluding hydrogens is 196 g/mol. The Labute approximate surface area is 96.9 Å². The van der Waals surface area contributed by atoms with Crippen molar-refractivity contribution in [2.75, 3.05) is 0 Å². The minimum absolute atomic E-state index is 0.356. The van der Waals surface area contributed by atoms with Crippen molar-refractivity contribution in [2.45, 2.75) is 50.9 Å². The van der Waals surface area contributed by atoms with Gasteiger partial charge in [-0.1, -0.05) is 31.0 Å². The fourth-order valence-corrected chi connectivity index (χ4v) is 3.66. The van der Waals surface area contributed by atoms with Crippen LogP contribution in [0.25, 0.3) is 0 Å². The van der Waals surface area contributed by atoms with Crippen molar-refractivity contribution in [3.8, 4) is 0 Å². The number of hydrogen-bond donors (Lipinski definition) is 0. The molecule has 1 aromatic carbocycles. The maximum Gasteiger partial charge on any atom is 0.163 e. The number of Topliss-reactive ketones (excluding diaryl/α,β-unsaturated/α-hetero) is 1. The summed E-state index contributed by atoms with van der Waals surface area (Å²) in [5.74, 6) is 0.366. The van der Waals surface area contributed by atoms with Crippen LogP contribution in [0.3, 0.4) is 0 Å². The van der Waals surface area contributed by atoms with E-state index in [1.807, 2.05) is 0 Å². The van der Waals surface area contributed by atoms with Gasteiger partial charge < -0.3 is 0 Å². The maximum absolute atomic E-state index is 12.0. The Kier molecular flexibility index (Phi) is 2.17. The second-order valence-corrected chi connectivity index (χ2v) is 5.41. The van der Waals surface area contributed by atoms with E-state index >= 15 is 0 Å². The van der Waals surface area contributed by atoms with E-state index in [0.717, 1.165) is 18.4 Å². The smallest absolute Gasteiger partial charge is 0.163 e. The van der Waals surface area contributed by atoms with Crippen LogP contribution in [0.4, 0.5) is 0 Å². The molecule has 1 aromatic rings. The van der Waals surface area contributed by atoms with Crippen molar-refractivity contribution in [3.63, 3.8) is 0 Å². The molecule has 0 heterocycles. The highest BCUT2D eigenvalue weighted by Crippen LogP contribution is 2.49. The third kappa shape index (κ3) is 1.27. The van der Waals surface area contributed by atoms with E-state index in [1.165, 1.54) is 36.8 Å². The number of aryl methyl sites for hydroxylation is 1. The molecule has 0 unspecified atom stereocenters. The molecule has 0 saturated heterocycles. The molecule has 84 valence electrons. The van der Waals surface area contributed by atoms with Gasteiger partial charge in [-0.25, -0.2) is 0 Å². The first-order valence-electron chi connectivity index (χ1n) is 6.36. The zero-order chi connectivity index (χ0) is 11.2. The normalized spacial score (nSPS) is 22.4. The first-order valence-corrected chi connectivity index (χ1v) is 6.36. The molecule has 0 bridgehead atoms. The highest BCUT2D eigenvalue weighted by Gasteiger charge is 2.41. The van der Waals surface area contributed by atoms with Gasteiger partial charge in [0.1, 0.15) is 0 Å². The third-order valence-electron chi connectivity index (χ3n) is 4.51. The van der Waals surface area contributed by atoms with Crippen molar-refractivity contribution >= 4 is 5.78 Å². The van der Waals surface area contributed by atoms with Crippen LogP contribution in [0.2, 0.25) is 0 Å². The average molecular weight is 214 g/mol. The Hall–Kier alpha value is -1.11. The minimum atomic E-state index is 0.356. The van der Waals surface area contributed by atoms with Gasteiger partial charge in [-0.2, -0.15) is 0 Å². The van der Waals surface area contributed by atoms with Crippen molar-refractivity contribution < 1.29 is 4.79 Å². The highest BCUT2D eigenvalue weighted by atomic mass is 16.1. The lowest BCUT2D eigenvalue weighted by atomic mass is 9.67. The predicted octanol–water partition coefficient (Wildman–Crippen LogP) is 3.78. The Bertz CT molecular complexity index is 439. The molecule has 0 aliphatic heterocycles. The second-order valence-electron chi connectivity index (χ2n) is 5.41. The van der Waals surface area contributed by atoms with Gasteiger partial charge in [-0.3, -0.25) is 4.79 Å². The van der Waals surface area contributed by atoms with Crippen LogP contribution in [0.1, 0.15) is 60.0 Å². The van der Waals surface area contributed by atoms with Crippen molar-refractivity contribution in [3.05, 3.63) is 34.9 Å². The molecule has 1 heteroatoms. The zero-order valence-corrected chi connectivity index (χ0v) is 9.88. The van der Waals surface area contributed by atoms with Crippen LogP contribution in [0, 0.1) is 6.92 Å². The van der Waals surface area contributed by atoms with Crippen LogP contribution in [-0.2, 0) is 5.41 Å². The maximum atomic E-state index is 12.0. The van der Waals surface area contributed by atoms with E-state index in [1.54, 1.807) is 0 Å². The van der Waals surface area contributed by atoms with Gasteiger partial charge in [0.05, 0.1) is 0 Å². The molecule has 0 N–H and O–H groups in total. The molecule has 0 amide bonds. The number of ketones is 1. The Morgan fingerprint density at radius 1 is 1.12 bits per heavy atom. The number of fused-ring (bicyclic) bond motifs is 2. The molecule has 1 nitrogen and oxygen atoms in total. The number of carbonyl (C=O) groups is 1. The van der Waals surface area contributed by atoms with Gasteiger partial charge >= 0.3 is 0 Å². The summed E-state index contributed by atoms with van der Waals surface area (Å²) in [6, 6.07) is 6.39. The molecule has 2 aliphatic rings. The number of rotatable bonds is 0. The van der Waals surface area contributed by atoms with Crippen LogP contribution in [-0.4, -0.2) is 5.78 Å². The summed E-state index contributed by atoms with van der Waals surface area (Å²) in [6.07, 6.45) is 7.09. The lowest BCUT2D eigenvalue weighted by Gasteiger charge is -2.35. The van der Waals surface area contributed by atoms with Crippen LogP contribution in [0.15, 0.2) is 18.2 Å². The molecule has 0 radical (unpaired) electrons. The zero-order valence-electron chi connectivity index (χ0n) is 9.88. The number of hydrogen-bond acceptors (Lipinski definition) is 1. The molecule has 3 rings (SSSR count). The van der Waals surface area contributed by atoms with Crippen molar-refractivity contribution in [2.24, 2.45) is 0 Å². The highest BCUT2D eigenvalue weighted by molar-refractivity contribution is 6.00. The van der Waals surface area contributed by atoms with Gasteiger partial charge in [-0.15, -0.1) is 0 Å². The molecule has 0 atom stereocenters. The SMILES string of the molecule is Cc1cccc2c1C(=O)CCC21CCCC1. The number of carbonyl (C=O) groups excluding carboxylic acids is 1. The fraction of sp³-hybridized carbons (Fsp3) is 0.533. The van der Waals surface area contributed by atoms with Gasteiger partial charge in [-0.05, 0) is 42.7 Å². The lowest BCUT2D eigenvalue weighted by Crippen LogP contribution is -2.31. The largest absolute Gasteiger partial charge is 0.294 e. The van der Waals surface area contributed by atoms with Crippen molar-refractivity contribution in [1.29, 1.82) is 0 Å². The molecule has 2 aliphatic carbocycles. The molecule has 16 heavy (non-hydrogen) atoms. The first kappa shape index (κ1) is 10.1. The second kappa shape index (κ2) is 3.44. The van der Waals surface area contributed by atoms with E-state index in [9.17, 15) is 4.79 Å². The molecular formula is C15H18O. The van der Waals surface area contributed by atoms with E-state index in [2.05, 4.69) is 25.1 Å². The summed E-state index contributed by atoms with van der Waals surface area (Å²) in [5, 5.41) is 0. The van der Waals surface area contributed by atoms with Crippen LogP contribution >= 0.6 is 0 Å². The van der Waals surface area contributed by atoms with Gasteiger partial charge in [0.2, 0.25) is 0 Å². The summed E-state index contributed by atoms with van der Waals surface area (Å²) in [7, 11) is 0. The van der Waals surface area contributed by atoms with Crippen LogP contribution < -0.4 is 0 Å². The van der Waals surface area contributed by atoms with Crippen molar-refractivity contribution in [1.82, 2.24) is 0 Å². The Morgan fingerprint density at radius 2 is 1.88 bits per heavy atom. The van der Waals surface area contributed by atoms with E-state index in [4.69, 9.17) is 0 Å². The Morgan fingerprint density at radius 3 is 2.62 bits per heavy atom. The first-order chi connectivity index (χ1) is 7.73. The van der Waals surface area contributed by atoms with E-state index in [-0.39, 0.29) is 0 Å². The average Bonchev–Trinajstić information content (AvgIpc) is 2.74. The quantitative estimate of drug-likeness (QED) is 0.642. The monoisotopic (exact) mass is 214 g/mol. The standard InChI is InChI=1S/C15H18O/c1-11-5-4-6-12-14(11)13(16)7-10-15(12)8-2-3-9-15/h4-6H,2-3,7-10H2,1H3. The fourth-order valence-electron chi connectivity index (χ4n) is 3.66. The topological polar surface area (TPSA) is 17.1 Å². The Balaban J connectivity index is 2.20. The number of benzene rings is 1. The summed E-state index contributed by atoms with van der Waals surface area (Å²) in [6.45, 7) is 2.07. The van der Waals surface area contributed by atoms with Crippen LogP contribution in [0.5, 0.6) is 0 Å². The molecule has 0 aromatic heterocycles. The summed E-state index contributed by atoms with van der Waals surface area (Å²) < 4.78 is 0. The van der Waals surface area contributed by atoms with E-state index in [0.29, 0.717) is 11.2 Å². The predicted molar refractivity (Wildman–Crippen MR) is 64.9 cm³/mol. The molecule has 1 fully saturated rings. The van der Waals surface area contributed by atoms with Gasteiger partial charge in [0.25, 0.3) is 0 Å². The summed E-state index contributed by atoms with van der Waals surface area (Å²) in [4.78, 5) is 12.0. The van der Waals surface area contributed by atoms with Gasteiger partial charge in [0.15, 0.2) is 5.78 Å². The molecule has 1 saturated carbocycles. The van der Waals surface area contributed by atoms with Gasteiger partial charge in [0, 0.05) is 12.0 Å². The molecule has 1 spiro atoms. The minimum Gasteiger partial charge on any atom is -0.294 e. The lowest BCUT2D eigenvalue weighted by molar-refractivity contribution is 0.0951. The van der Waals surface area contributed by atoms with E-state index < -0.39 is 0 Å². The summed E-state index contributed by atoms with van der Waals surface area (Å²) in [5.41, 5.74) is 3.94.